The molecule has 0 aromatic carbocycles. The van der Waals surface area contributed by atoms with Crippen molar-refractivity contribution in [2.45, 2.75) is 6.42 Å². The Bertz CT molecular complexity index is 577. The third-order valence-electron chi connectivity index (χ3n) is 3.28. The zero-order valence-electron chi connectivity index (χ0n) is 11.6. The summed E-state index contributed by atoms with van der Waals surface area (Å²) in [6, 6.07) is 7.74. The smallest absolute Gasteiger partial charge is 0.229 e. The number of nitrogens with zero attached hydrogens (tertiary/aromatic N) is 2. The zero-order valence-corrected chi connectivity index (χ0v) is 12.4. The number of pyridine rings is 1. The van der Waals surface area contributed by atoms with Crippen LogP contribution in [-0.2, 0) is 16.0 Å². The van der Waals surface area contributed by atoms with Crippen LogP contribution in [0.25, 0.3) is 0 Å². The molecule has 110 valence electrons. The molecular formula is C15H17N3O2S. The van der Waals surface area contributed by atoms with Crippen LogP contribution >= 0.6 is 11.3 Å². The monoisotopic (exact) mass is 303 g/mol. The number of nitrogens with one attached hydrogen (secondary N) is 1. The molecule has 3 rings (SSSR count). The summed E-state index contributed by atoms with van der Waals surface area (Å²) in [4.78, 5) is 19.6. The minimum atomic E-state index is -0.0154. The SMILES string of the molecule is O=C(Cc1cccs1)Nc1ccc(N2CCOCC2)nc1. The van der Waals surface area contributed by atoms with Gasteiger partial charge in [-0.2, -0.15) is 0 Å². The van der Waals surface area contributed by atoms with E-state index in [1.54, 1.807) is 17.5 Å². The van der Waals surface area contributed by atoms with Gasteiger partial charge in [0.1, 0.15) is 5.82 Å². The quantitative estimate of drug-likeness (QED) is 0.940. The van der Waals surface area contributed by atoms with E-state index in [0.29, 0.717) is 6.42 Å². The van der Waals surface area contributed by atoms with Crippen molar-refractivity contribution in [3.8, 4) is 0 Å². The van der Waals surface area contributed by atoms with E-state index in [0.717, 1.165) is 42.7 Å². The highest BCUT2D eigenvalue weighted by molar-refractivity contribution is 7.10. The van der Waals surface area contributed by atoms with Crippen LogP contribution in [0.4, 0.5) is 11.5 Å². The highest BCUT2D eigenvalue weighted by Gasteiger charge is 2.12. The first-order valence-electron chi connectivity index (χ1n) is 6.92. The first kappa shape index (κ1) is 14.0. The maximum Gasteiger partial charge on any atom is 0.229 e. The van der Waals surface area contributed by atoms with Crippen molar-refractivity contribution in [1.29, 1.82) is 0 Å². The number of hydrogen-bond donors (Lipinski definition) is 1. The number of ether oxygens (including phenoxy) is 1. The van der Waals surface area contributed by atoms with Gasteiger partial charge in [-0.25, -0.2) is 4.98 Å². The van der Waals surface area contributed by atoms with E-state index in [1.807, 2.05) is 29.6 Å². The molecule has 0 spiro atoms. The molecule has 6 heteroatoms. The minimum absolute atomic E-state index is 0.0154. The van der Waals surface area contributed by atoms with Crippen molar-refractivity contribution in [3.05, 3.63) is 40.7 Å². The maximum atomic E-state index is 11.9. The molecule has 1 aliphatic heterocycles. The first-order chi connectivity index (χ1) is 10.3. The van der Waals surface area contributed by atoms with Crippen LogP contribution in [0.5, 0.6) is 0 Å². The lowest BCUT2D eigenvalue weighted by atomic mass is 10.3. The molecule has 1 N–H and O–H groups in total. The fourth-order valence-electron chi connectivity index (χ4n) is 2.22. The average molecular weight is 303 g/mol. The summed E-state index contributed by atoms with van der Waals surface area (Å²) in [7, 11) is 0. The summed E-state index contributed by atoms with van der Waals surface area (Å²) < 4.78 is 5.32. The van der Waals surface area contributed by atoms with Crippen molar-refractivity contribution in [2.24, 2.45) is 0 Å². The van der Waals surface area contributed by atoms with Gasteiger partial charge in [-0.3, -0.25) is 4.79 Å². The molecule has 5 nitrogen and oxygen atoms in total. The van der Waals surface area contributed by atoms with Crippen LogP contribution in [0.1, 0.15) is 4.88 Å². The number of anilines is 2. The molecule has 21 heavy (non-hydrogen) atoms. The number of rotatable bonds is 4. The van der Waals surface area contributed by atoms with E-state index in [-0.39, 0.29) is 5.91 Å². The molecular weight excluding hydrogens is 286 g/mol. The molecule has 3 heterocycles. The number of carbonyl (C=O) groups is 1. The number of morpholine rings is 1. The average Bonchev–Trinajstić information content (AvgIpc) is 3.02. The van der Waals surface area contributed by atoms with E-state index in [4.69, 9.17) is 4.74 Å². The zero-order chi connectivity index (χ0) is 14.5. The molecule has 2 aromatic heterocycles. The van der Waals surface area contributed by atoms with Gasteiger partial charge in [-0.15, -0.1) is 11.3 Å². The van der Waals surface area contributed by atoms with Crippen LogP contribution in [0, 0.1) is 0 Å². The summed E-state index contributed by atoms with van der Waals surface area (Å²) in [5, 5.41) is 4.85. The summed E-state index contributed by atoms with van der Waals surface area (Å²) in [6.07, 6.45) is 2.11. The van der Waals surface area contributed by atoms with E-state index in [1.165, 1.54) is 0 Å². The Balaban J connectivity index is 1.57. The second kappa shape index (κ2) is 6.69. The third kappa shape index (κ3) is 3.80. The lowest BCUT2D eigenvalue weighted by Crippen LogP contribution is -2.36. The van der Waals surface area contributed by atoms with Gasteiger partial charge < -0.3 is 15.0 Å². The van der Waals surface area contributed by atoms with Crippen LogP contribution in [0.3, 0.4) is 0 Å². The Kier molecular flexibility index (Phi) is 4.47. The van der Waals surface area contributed by atoms with Crippen molar-refractivity contribution < 1.29 is 9.53 Å². The highest BCUT2D eigenvalue weighted by atomic mass is 32.1. The second-order valence-electron chi connectivity index (χ2n) is 4.81. The van der Waals surface area contributed by atoms with E-state index in [2.05, 4.69) is 15.2 Å². The number of carbonyl (C=O) groups excluding carboxylic acids is 1. The summed E-state index contributed by atoms with van der Waals surface area (Å²) in [6.45, 7) is 3.19. The molecule has 1 aliphatic rings. The van der Waals surface area contributed by atoms with Crippen LogP contribution in [-0.4, -0.2) is 37.2 Å². The minimum Gasteiger partial charge on any atom is -0.378 e. The normalized spacial score (nSPS) is 15.0. The standard InChI is InChI=1S/C15H17N3O2S/c19-15(10-13-2-1-9-21-13)17-12-3-4-14(16-11-12)18-5-7-20-8-6-18/h1-4,9,11H,5-8,10H2,(H,17,19). The second-order valence-corrected chi connectivity index (χ2v) is 5.84. The van der Waals surface area contributed by atoms with Crippen molar-refractivity contribution >= 4 is 28.7 Å². The Morgan fingerprint density at radius 3 is 2.86 bits per heavy atom. The van der Waals surface area contributed by atoms with Gasteiger partial charge >= 0.3 is 0 Å². The molecule has 0 atom stereocenters. The van der Waals surface area contributed by atoms with Crippen LogP contribution in [0.2, 0.25) is 0 Å². The van der Waals surface area contributed by atoms with E-state index >= 15 is 0 Å². The first-order valence-corrected chi connectivity index (χ1v) is 7.80. The Hall–Kier alpha value is -1.92. The van der Waals surface area contributed by atoms with Gasteiger partial charge in [-0.1, -0.05) is 6.07 Å². The lowest BCUT2D eigenvalue weighted by Gasteiger charge is -2.27. The molecule has 0 aliphatic carbocycles. The highest BCUT2D eigenvalue weighted by Crippen LogP contribution is 2.16. The molecule has 0 bridgehead atoms. The fraction of sp³-hybridized carbons (Fsp3) is 0.333. The van der Waals surface area contributed by atoms with Crippen LogP contribution in [0.15, 0.2) is 35.8 Å². The molecule has 0 radical (unpaired) electrons. The molecule has 0 unspecified atom stereocenters. The van der Waals surface area contributed by atoms with Crippen molar-refractivity contribution in [2.75, 3.05) is 36.5 Å². The van der Waals surface area contributed by atoms with E-state index in [9.17, 15) is 4.79 Å². The number of aromatic nitrogens is 1. The number of hydrogen-bond acceptors (Lipinski definition) is 5. The summed E-state index contributed by atoms with van der Waals surface area (Å²) >= 11 is 1.59. The molecule has 2 aromatic rings. The largest absolute Gasteiger partial charge is 0.378 e. The Morgan fingerprint density at radius 2 is 2.19 bits per heavy atom. The third-order valence-corrected chi connectivity index (χ3v) is 4.16. The van der Waals surface area contributed by atoms with Crippen molar-refractivity contribution in [3.63, 3.8) is 0 Å². The van der Waals surface area contributed by atoms with Gasteiger partial charge in [0.05, 0.1) is 31.5 Å². The summed E-state index contributed by atoms with van der Waals surface area (Å²) in [5.74, 6) is 0.910. The summed E-state index contributed by atoms with van der Waals surface area (Å²) in [5.41, 5.74) is 0.730. The van der Waals surface area contributed by atoms with Gasteiger partial charge in [0, 0.05) is 18.0 Å². The lowest BCUT2D eigenvalue weighted by molar-refractivity contribution is -0.115. The van der Waals surface area contributed by atoms with Gasteiger partial charge in [0.25, 0.3) is 0 Å². The van der Waals surface area contributed by atoms with Gasteiger partial charge in [0.15, 0.2) is 0 Å². The van der Waals surface area contributed by atoms with Crippen LogP contribution < -0.4 is 10.2 Å². The molecule has 1 amide bonds. The molecule has 0 saturated carbocycles. The Morgan fingerprint density at radius 1 is 1.33 bits per heavy atom. The topological polar surface area (TPSA) is 54.5 Å². The van der Waals surface area contributed by atoms with Gasteiger partial charge in [0.2, 0.25) is 5.91 Å². The maximum absolute atomic E-state index is 11.9. The number of thiophene rings is 1. The Labute approximate surface area is 127 Å². The molecule has 1 fully saturated rings. The van der Waals surface area contributed by atoms with Gasteiger partial charge in [-0.05, 0) is 23.6 Å². The predicted octanol–water partition coefficient (Wildman–Crippen LogP) is 2.16. The van der Waals surface area contributed by atoms with Crippen molar-refractivity contribution in [1.82, 2.24) is 4.98 Å². The predicted molar refractivity (Wildman–Crippen MR) is 83.9 cm³/mol. The fourth-order valence-corrected chi connectivity index (χ4v) is 2.92. The van der Waals surface area contributed by atoms with E-state index < -0.39 is 0 Å². The molecule has 1 saturated heterocycles. The number of amides is 1.